The first-order chi connectivity index (χ1) is 7.10. The van der Waals surface area contributed by atoms with Crippen LogP contribution in [0, 0.1) is 5.92 Å². The summed E-state index contributed by atoms with van der Waals surface area (Å²) in [6.45, 7) is 4.63. The highest BCUT2D eigenvalue weighted by Gasteiger charge is 2.28. The average Bonchev–Trinajstić information content (AvgIpc) is 2.18. The monoisotopic (exact) mass is 220 g/mol. The zero-order valence-electron chi connectivity index (χ0n) is 9.33. The van der Waals surface area contributed by atoms with Crippen molar-refractivity contribution >= 4 is 11.6 Å². The van der Waals surface area contributed by atoms with Gasteiger partial charge in [-0.05, 0) is 36.5 Å². The number of hydrogen-bond acceptors (Lipinski definition) is 0. The standard InChI is InChI=1S/C14H17Cl/c1-11-4-3-9-14(2,10-11)12-5-7-13(15)8-6-12/h3,5-9,11H,4,10H2,1-2H3. The van der Waals surface area contributed by atoms with Crippen LogP contribution in [0.25, 0.3) is 0 Å². The van der Waals surface area contributed by atoms with Crippen molar-refractivity contribution in [3.63, 3.8) is 0 Å². The van der Waals surface area contributed by atoms with E-state index in [0.717, 1.165) is 10.9 Å². The van der Waals surface area contributed by atoms with Gasteiger partial charge in [0.15, 0.2) is 0 Å². The normalized spacial score (nSPS) is 30.5. The molecule has 0 saturated heterocycles. The topological polar surface area (TPSA) is 0 Å². The fourth-order valence-electron chi connectivity index (χ4n) is 2.48. The summed E-state index contributed by atoms with van der Waals surface area (Å²) in [5.41, 5.74) is 1.57. The zero-order valence-corrected chi connectivity index (χ0v) is 10.1. The molecular formula is C14H17Cl. The lowest BCUT2D eigenvalue weighted by Crippen LogP contribution is -2.24. The van der Waals surface area contributed by atoms with E-state index in [1.165, 1.54) is 18.4 Å². The van der Waals surface area contributed by atoms with Gasteiger partial charge >= 0.3 is 0 Å². The second-order valence-corrected chi connectivity index (χ2v) is 5.31. The maximum absolute atomic E-state index is 5.91. The Kier molecular flexibility index (Phi) is 2.88. The molecule has 0 fully saturated rings. The van der Waals surface area contributed by atoms with Crippen LogP contribution in [0.3, 0.4) is 0 Å². The van der Waals surface area contributed by atoms with Gasteiger partial charge in [-0.1, -0.05) is 49.7 Å². The Morgan fingerprint density at radius 1 is 1.27 bits per heavy atom. The Hall–Kier alpha value is -0.750. The first-order valence-corrected chi connectivity index (χ1v) is 5.92. The summed E-state index contributed by atoms with van der Waals surface area (Å²) in [6.07, 6.45) is 7.09. The summed E-state index contributed by atoms with van der Waals surface area (Å²) in [5, 5.41) is 0.815. The number of benzene rings is 1. The summed E-state index contributed by atoms with van der Waals surface area (Å²) in [5.74, 6) is 0.774. The van der Waals surface area contributed by atoms with Crippen LogP contribution < -0.4 is 0 Å². The summed E-state index contributed by atoms with van der Waals surface area (Å²) in [4.78, 5) is 0. The predicted molar refractivity (Wildman–Crippen MR) is 66.3 cm³/mol. The van der Waals surface area contributed by atoms with E-state index in [1.807, 2.05) is 12.1 Å². The molecule has 0 spiro atoms. The van der Waals surface area contributed by atoms with Crippen LogP contribution in [0.1, 0.15) is 32.3 Å². The van der Waals surface area contributed by atoms with E-state index in [-0.39, 0.29) is 5.41 Å². The zero-order chi connectivity index (χ0) is 10.9. The summed E-state index contributed by atoms with van der Waals surface area (Å²) in [6, 6.07) is 8.25. The van der Waals surface area contributed by atoms with Gasteiger partial charge in [0.05, 0.1) is 0 Å². The Bertz CT molecular complexity index is 363. The maximum Gasteiger partial charge on any atom is 0.0406 e. The molecule has 80 valence electrons. The van der Waals surface area contributed by atoms with Crippen LogP contribution in [-0.2, 0) is 5.41 Å². The molecule has 0 bridgehead atoms. The van der Waals surface area contributed by atoms with Crippen LogP contribution >= 0.6 is 11.6 Å². The summed E-state index contributed by atoms with van der Waals surface area (Å²) < 4.78 is 0. The van der Waals surface area contributed by atoms with Gasteiger partial charge < -0.3 is 0 Å². The molecule has 2 unspecified atom stereocenters. The quantitative estimate of drug-likeness (QED) is 0.608. The van der Waals surface area contributed by atoms with Crippen molar-refractivity contribution in [2.45, 2.75) is 32.1 Å². The Morgan fingerprint density at radius 2 is 1.93 bits per heavy atom. The van der Waals surface area contributed by atoms with Crippen molar-refractivity contribution in [3.8, 4) is 0 Å². The molecule has 15 heavy (non-hydrogen) atoms. The van der Waals surface area contributed by atoms with Gasteiger partial charge in [0, 0.05) is 10.4 Å². The second kappa shape index (κ2) is 4.02. The van der Waals surface area contributed by atoms with Crippen LogP contribution in [0.5, 0.6) is 0 Å². The lowest BCUT2D eigenvalue weighted by atomic mass is 9.72. The molecule has 1 aromatic carbocycles. The van der Waals surface area contributed by atoms with Gasteiger partial charge in [-0.15, -0.1) is 0 Å². The molecular weight excluding hydrogens is 204 g/mol. The maximum atomic E-state index is 5.91. The minimum absolute atomic E-state index is 0.197. The third-order valence-corrected chi connectivity index (χ3v) is 3.55. The molecule has 0 amide bonds. The van der Waals surface area contributed by atoms with E-state index in [4.69, 9.17) is 11.6 Å². The molecule has 1 heteroatoms. The Labute approximate surface area is 97.0 Å². The third kappa shape index (κ3) is 2.26. The van der Waals surface area contributed by atoms with Gasteiger partial charge in [0.1, 0.15) is 0 Å². The first kappa shape index (κ1) is 10.8. The smallest absolute Gasteiger partial charge is 0.0406 e. The first-order valence-electron chi connectivity index (χ1n) is 5.54. The molecule has 0 nitrogen and oxygen atoms in total. The molecule has 0 N–H and O–H groups in total. The SMILES string of the molecule is CC1CC=CC(C)(c2ccc(Cl)cc2)C1. The number of halogens is 1. The average molecular weight is 221 g/mol. The Balaban J connectivity index is 2.32. The number of allylic oxidation sites excluding steroid dienone is 2. The van der Waals surface area contributed by atoms with Gasteiger partial charge in [0.25, 0.3) is 0 Å². The van der Waals surface area contributed by atoms with E-state index in [1.54, 1.807) is 0 Å². The van der Waals surface area contributed by atoms with Crippen molar-refractivity contribution in [3.05, 3.63) is 47.0 Å². The van der Waals surface area contributed by atoms with Crippen LogP contribution in [0.4, 0.5) is 0 Å². The van der Waals surface area contributed by atoms with Crippen LogP contribution in [0.15, 0.2) is 36.4 Å². The fourth-order valence-corrected chi connectivity index (χ4v) is 2.61. The molecule has 0 heterocycles. The van der Waals surface area contributed by atoms with E-state index in [2.05, 4.69) is 38.1 Å². The molecule has 0 aliphatic heterocycles. The molecule has 1 aromatic rings. The van der Waals surface area contributed by atoms with Gasteiger partial charge in [-0.3, -0.25) is 0 Å². The third-order valence-electron chi connectivity index (χ3n) is 3.30. The molecule has 2 rings (SSSR count). The van der Waals surface area contributed by atoms with E-state index in [9.17, 15) is 0 Å². The van der Waals surface area contributed by atoms with Crippen molar-refractivity contribution in [2.24, 2.45) is 5.92 Å². The fraction of sp³-hybridized carbons (Fsp3) is 0.429. The van der Waals surface area contributed by atoms with Crippen molar-refractivity contribution < 1.29 is 0 Å². The summed E-state index contributed by atoms with van der Waals surface area (Å²) in [7, 11) is 0. The number of rotatable bonds is 1. The molecule has 0 saturated carbocycles. The highest BCUT2D eigenvalue weighted by molar-refractivity contribution is 6.30. The minimum atomic E-state index is 0.197. The molecule has 2 atom stereocenters. The predicted octanol–water partition coefficient (Wildman–Crippen LogP) is 4.58. The minimum Gasteiger partial charge on any atom is -0.0874 e. The van der Waals surface area contributed by atoms with Crippen LogP contribution in [0.2, 0.25) is 5.02 Å². The highest BCUT2D eigenvalue weighted by atomic mass is 35.5. The van der Waals surface area contributed by atoms with Gasteiger partial charge in [-0.2, -0.15) is 0 Å². The van der Waals surface area contributed by atoms with Crippen molar-refractivity contribution in [1.82, 2.24) is 0 Å². The molecule has 0 aromatic heterocycles. The molecule has 1 aliphatic carbocycles. The van der Waals surface area contributed by atoms with E-state index < -0.39 is 0 Å². The molecule has 1 aliphatic rings. The molecule has 0 radical (unpaired) electrons. The van der Waals surface area contributed by atoms with Gasteiger partial charge in [0.2, 0.25) is 0 Å². The Morgan fingerprint density at radius 3 is 2.53 bits per heavy atom. The van der Waals surface area contributed by atoms with Crippen LogP contribution in [-0.4, -0.2) is 0 Å². The van der Waals surface area contributed by atoms with E-state index >= 15 is 0 Å². The largest absolute Gasteiger partial charge is 0.0874 e. The number of hydrogen-bond donors (Lipinski definition) is 0. The lowest BCUT2D eigenvalue weighted by molar-refractivity contribution is 0.396. The van der Waals surface area contributed by atoms with Gasteiger partial charge in [-0.25, -0.2) is 0 Å². The van der Waals surface area contributed by atoms with E-state index in [0.29, 0.717) is 0 Å². The summed E-state index contributed by atoms with van der Waals surface area (Å²) >= 11 is 5.91. The van der Waals surface area contributed by atoms with Crippen molar-refractivity contribution in [2.75, 3.05) is 0 Å². The van der Waals surface area contributed by atoms with Crippen molar-refractivity contribution in [1.29, 1.82) is 0 Å². The highest BCUT2D eigenvalue weighted by Crippen LogP contribution is 2.37. The lowest BCUT2D eigenvalue weighted by Gasteiger charge is -2.33. The second-order valence-electron chi connectivity index (χ2n) is 4.87.